The lowest BCUT2D eigenvalue weighted by molar-refractivity contribution is 0.0508. The molecule has 0 N–H and O–H groups in total. The molecule has 0 amide bonds. The second kappa shape index (κ2) is 5.66. The van der Waals surface area contributed by atoms with Crippen LogP contribution in [0.2, 0.25) is 0 Å². The lowest BCUT2D eigenvalue weighted by Crippen LogP contribution is -2.12. The molecule has 1 rings (SSSR count). The zero-order valence-electron chi connectivity index (χ0n) is 9.04. The molecule has 16 heavy (non-hydrogen) atoms. The van der Waals surface area contributed by atoms with Crippen LogP contribution in [0.4, 0.5) is 0 Å². The molecule has 0 spiro atoms. The molecule has 0 aliphatic carbocycles. The van der Waals surface area contributed by atoms with Gasteiger partial charge in [0.1, 0.15) is 5.75 Å². The first-order valence-electron chi connectivity index (χ1n) is 4.57. The summed E-state index contributed by atoms with van der Waals surface area (Å²) in [4.78, 5) is 3.78. The monoisotopic (exact) mass is 247 g/mol. The van der Waals surface area contributed by atoms with Crippen LogP contribution in [0.15, 0.2) is 18.3 Å². The van der Waals surface area contributed by atoms with E-state index in [1.165, 1.54) is 26.3 Å². The van der Waals surface area contributed by atoms with Crippen LogP contribution in [0.3, 0.4) is 0 Å². The van der Waals surface area contributed by atoms with Crippen molar-refractivity contribution in [2.75, 3.05) is 19.7 Å². The highest BCUT2D eigenvalue weighted by Gasteiger charge is 2.09. The molecule has 0 saturated carbocycles. The molecule has 0 bridgehead atoms. The third-order valence-corrected chi connectivity index (χ3v) is 2.75. The van der Waals surface area contributed by atoms with Gasteiger partial charge in [0.05, 0.1) is 11.9 Å². The Morgan fingerprint density at radius 3 is 2.62 bits per heavy atom. The van der Waals surface area contributed by atoms with E-state index in [4.69, 9.17) is 9.47 Å². The quantitative estimate of drug-likeness (QED) is 0.546. The number of nitrogens with zero attached hydrogens (tertiary/aromatic N) is 1. The summed E-state index contributed by atoms with van der Waals surface area (Å²) in [6, 6.07) is 2.96. The van der Waals surface area contributed by atoms with Gasteiger partial charge < -0.3 is 13.7 Å². The van der Waals surface area contributed by atoms with Crippen LogP contribution in [-0.2, 0) is 14.9 Å². The maximum atomic E-state index is 11.1. The molecule has 0 aromatic carbocycles. The Balaban J connectivity index is 2.65. The van der Waals surface area contributed by atoms with Crippen LogP contribution in [0, 0.1) is 0 Å². The SMILES string of the molecule is CCS(=O)(=O)Oc1ccc(OCOC)cn1. The Morgan fingerprint density at radius 2 is 2.12 bits per heavy atom. The van der Waals surface area contributed by atoms with E-state index in [1.807, 2.05) is 0 Å². The molecule has 1 aromatic heterocycles. The third-order valence-electron chi connectivity index (χ3n) is 1.62. The highest BCUT2D eigenvalue weighted by Crippen LogP contribution is 2.15. The van der Waals surface area contributed by atoms with E-state index >= 15 is 0 Å². The standard InChI is InChI=1S/C9H13NO5S/c1-3-16(11,12)15-9-5-4-8(6-10-9)14-7-13-2/h4-6H,3,7H2,1-2H3. The number of ether oxygens (including phenoxy) is 2. The highest BCUT2D eigenvalue weighted by atomic mass is 32.2. The third kappa shape index (κ3) is 4.03. The Morgan fingerprint density at radius 1 is 1.38 bits per heavy atom. The molecule has 0 fully saturated rings. The zero-order chi connectivity index (χ0) is 12.0. The first kappa shape index (κ1) is 12.7. The summed E-state index contributed by atoms with van der Waals surface area (Å²) < 4.78 is 36.7. The van der Waals surface area contributed by atoms with Crippen molar-refractivity contribution >= 4 is 10.1 Å². The van der Waals surface area contributed by atoms with Crippen molar-refractivity contribution in [2.45, 2.75) is 6.92 Å². The van der Waals surface area contributed by atoms with Crippen LogP contribution < -0.4 is 8.92 Å². The van der Waals surface area contributed by atoms with Gasteiger partial charge in [0.2, 0.25) is 5.88 Å². The van der Waals surface area contributed by atoms with Crippen LogP contribution in [0.5, 0.6) is 11.6 Å². The number of rotatable bonds is 6. The van der Waals surface area contributed by atoms with Gasteiger partial charge in [-0.1, -0.05) is 0 Å². The number of aromatic nitrogens is 1. The van der Waals surface area contributed by atoms with Crippen LogP contribution in [0.25, 0.3) is 0 Å². The Kier molecular flexibility index (Phi) is 4.51. The summed E-state index contributed by atoms with van der Waals surface area (Å²) in [6.45, 7) is 1.60. The Bertz CT molecular complexity index is 414. The number of pyridine rings is 1. The summed E-state index contributed by atoms with van der Waals surface area (Å²) in [5.74, 6) is 0.395. The van der Waals surface area contributed by atoms with Gasteiger partial charge in [0.25, 0.3) is 0 Å². The minimum Gasteiger partial charge on any atom is -0.466 e. The summed E-state index contributed by atoms with van der Waals surface area (Å²) in [5, 5.41) is 0. The van der Waals surface area contributed by atoms with Crippen LogP contribution >= 0.6 is 0 Å². The first-order chi connectivity index (χ1) is 7.57. The van der Waals surface area contributed by atoms with Gasteiger partial charge >= 0.3 is 10.1 Å². The van der Waals surface area contributed by atoms with Crippen LogP contribution in [-0.4, -0.2) is 33.1 Å². The second-order valence-corrected chi connectivity index (χ2v) is 4.67. The predicted octanol–water partition coefficient (Wildman–Crippen LogP) is 0.793. The summed E-state index contributed by atoms with van der Waals surface area (Å²) in [5.41, 5.74) is 0. The van der Waals surface area contributed by atoms with E-state index in [2.05, 4.69) is 9.17 Å². The van der Waals surface area contributed by atoms with E-state index in [-0.39, 0.29) is 18.4 Å². The molecule has 0 atom stereocenters. The Hall–Kier alpha value is -1.34. The highest BCUT2D eigenvalue weighted by molar-refractivity contribution is 7.87. The van der Waals surface area contributed by atoms with E-state index < -0.39 is 10.1 Å². The molecule has 0 radical (unpaired) electrons. The average Bonchev–Trinajstić information content (AvgIpc) is 2.28. The van der Waals surface area contributed by atoms with E-state index in [0.29, 0.717) is 5.75 Å². The molecule has 0 aliphatic heterocycles. The van der Waals surface area contributed by atoms with Gasteiger partial charge in [0, 0.05) is 13.2 Å². The van der Waals surface area contributed by atoms with Gasteiger partial charge in [-0.15, -0.1) is 0 Å². The van der Waals surface area contributed by atoms with Crippen molar-refractivity contribution in [3.8, 4) is 11.6 Å². The molecular weight excluding hydrogens is 234 g/mol. The molecule has 0 saturated heterocycles. The van der Waals surface area contributed by atoms with Gasteiger partial charge in [-0.2, -0.15) is 8.42 Å². The smallest absolute Gasteiger partial charge is 0.310 e. The minimum atomic E-state index is -3.53. The lowest BCUT2D eigenvalue weighted by Gasteiger charge is -2.06. The van der Waals surface area contributed by atoms with E-state index in [9.17, 15) is 8.42 Å². The average molecular weight is 247 g/mol. The second-order valence-electron chi connectivity index (χ2n) is 2.81. The minimum absolute atomic E-state index is 0.0200. The lowest BCUT2D eigenvalue weighted by atomic mass is 10.4. The molecule has 7 heteroatoms. The largest absolute Gasteiger partial charge is 0.466 e. The number of hydrogen-bond donors (Lipinski definition) is 0. The normalized spacial score (nSPS) is 11.1. The predicted molar refractivity (Wildman–Crippen MR) is 56.8 cm³/mol. The number of methoxy groups -OCH3 is 1. The van der Waals surface area contributed by atoms with Gasteiger partial charge in [0.15, 0.2) is 6.79 Å². The fraction of sp³-hybridized carbons (Fsp3) is 0.444. The zero-order valence-corrected chi connectivity index (χ0v) is 9.86. The molecular formula is C9H13NO5S. The molecule has 1 heterocycles. The van der Waals surface area contributed by atoms with Crippen molar-refractivity contribution in [3.63, 3.8) is 0 Å². The molecule has 6 nitrogen and oxygen atoms in total. The van der Waals surface area contributed by atoms with Gasteiger partial charge in [-0.3, -0.25) is 0 Å². The summed E-state index contributed by atoms with van der Waals surface area (Å²) in [6.07, 6.45) is 1.36. The van der Waals surface area contributed by atoms with Crippen molar-refractivity contribution in [2.24, 2.45) is 0 Å². The molecule has 90 valence electrons. The fourth-order valence-electron chi connectivity index (χ4n) is 0.817. The Labute approximate surface area is 94.3 Å². The summed E-state index contributed by atoms with van der Waals surface area (Å²) >= 11 is 0. The fourth-order valence-corrected chi connectivity index (χ4v) is 1.29. The molecule has 0 aliphatic rings. The maximum absolute atomic E-state index is 11.1. The molecule has 0 unspecified atom stereocenters. The van der Waals surface area contributed by atoms with E-state index in [1.54, 1.807) is 6.07 Å². The van der Waals surface area contributed by atoms with Crippen molar-refractivity contribution in [3.05, 3.63) is 18.3 Å². The first-order valence-corrected chi connectivity index (χ1v) is 6.15. The maximum Gasteiger partial charge on any atom is 0.310 e. The van der Waals surface area contributed by atoms with Crippen molar-refractivity contribution in [1.82, 2.24) is 4.98 Å². The van der Waals surface area contributed by atoms with Gasteiger partial charge in [-0.25, -0.2) is 4.98 Å². The topological polar surface area (TPSA) is 74.7 Å². The van der Waals surface area contributed by atoms with Crippen molar-refractivity contribution < 1.29 is 22.1 Å². The van der Waals surface area contributed by atoms with E-state index in [0.717, 1.165) is 0 Å². The van der Waals surface area contributed by atoms with Crippen LogP contribution in [0.1, 0.15) is 6.92 Å². The summed E-state index contributed by atoms with van der Waals surface area (Å²) in [7, 11) is -2.03. The molecule has 1 aromatic rings. The van der Waals surface area contributed by atoms with Crippen molar-refractivity contribution in [1.29, 1.82) is 0 Å². The van der Waals surface area contributed by atoms with Gasteiger partial charge in [-0.05, 0) is 13.0 Å². The number of hydrogen-bond acceptors (Lipinski definition) is 6.